The van der Waals surface area contributed by atoms with E-state index in [0.29, 0.717) is 0 Å². The van der Waals surface area contributed by atoms with Crippen molar-refractivity contribution in [1.29, 1.82) is 5.26 Å². The summed E-state index contributed by atoms with van der Waals surface area (Å²) in [6, 6.07) is 10.3. The zero-order valence-corrected chi connectivity index (χ0v) is 10.2. The number of nitriles is 1. The van der Waals surface area contributed by atoms with Gasteiger partial charge < -0.3 is 0 Å². The minimum absolute atomic E-state index is 0.409. The lowest BCUT2D eigenvalue weighted by Crippen LogP contribution is -2.09. The number of thiazole rings is 1. The molecule has 2 rings (SSSR count). The van der Waals surface area contributed by atoms with Crippen LogP contribution < -0.4 is 0 Å². The average molecular weight is 234 g/mol. The summed E-state index contributed by atoms with van der Waals surface area (Å²) < 4.78 is 1.73. The molecule has 2 aromatic rings. The topological polar surface area (TPSA) is 36.7 Å². The van der Waals surface area contributed by atoms with Crippen molar-refractivity contribution in [3.8, 4) is 6.07 Å². The van der Waals surface area contributed by atoms with Gasteiger partial charge in [0.25, 0.3) is 0 Å². The van der Waals surface area contributed by atoms with Gasteiger partial charge in [0.1, 0.15) is 4.75 Å². The minimum atomic E-state index is -0.409. The molecule has 1 heterocycles. The van der Waals surface area contributed by atoms with Gasteiger partial charge in [-0.15, -0.1) is 11.3 Å². The maximum Gasteiger partial charge on any atom is 0.152 e. The molecule has 0 bridgehead atoms. The van der Waals surface area contributed by atoms with Crippen molar-refractivity contribution in [3.63, 3.8) is 0 Å². The fourth-order valence-corrected chi connectivity index (χ4v) is 3.52. The number of para-hydroxylation sites is 1. The molecule has 0 saturated heterocycles. The lowest BCUT2D eigenvalue weighted by atomic mass is 10.2. The third-order valence-electron chi connectivity index (χ3n) is 1.89. The summed E-state index contributed by atoms with van der Waals surface area (Å²) in [6.45, 7) is 3.81. The van der Waals surface area contributed by atoms with Crippen molar-refractivity contribution < 1.29 is 0 Å². The summed E-state index contributed by atoms with van der Waals surface area (Å²) in [5.74, 6) is 0. The second kappa shape index (κ2) is 3.84. The SMILES string of the molecule is CC(C)(C#N)Sc1nc2ccccc2s1. The molecule has 15 heavy (non-hydrogen) atoms. The summed E-state index contributed by atoms with van der Waals surface area (Å²) in [6.07, 6.45) is 0. The highest BCUT2D eigenvalue weighted by molar-refractivity contribution is 8.02. The molecule has 0 aliphatic heterocycles. The maximum atomic E-state index is 8.94. The highest BCUT2D eigenvalue weighted by Gasteiger charge is 2.20. The Hall–Kier alpha value is -1.05. The average Bonchev–Trinajstić information content (AvgIpc) is 2.58. The van der Waals surface area contributed by atoms with Crippen molar-refractivity contribution in [1.82, 2.24) is 4.98 Å². The first-order valence-electron chi connectivity index (χ1n) is 4.56. The molecule has 0 fully saturated rings. The first-order valence-corrected chi connectivity index (χ1v) is 6.20. The molecule has 2 nitrogen and oxygen atoms in total. The molecule has 1 aromatic heterocycles. The molecular weight excluding hydrogens is 224 g/mol. The van der Waals surface area contributed by atoms with Crippen LogP contribution in [-0.2, 0) is 0 Å². The van der Waals surface area contributed by atoms with E-state index >= 15 is 0 Å². The third kappa shape index (κ3) is 2.31. The smallest absolute Gasteiger partial charge is 0.152 e. The van der Waals surface area contributed by atoms with E-state index in [0.717, 1.165) is 9.86 Å². The van der Waals surface area contributed by atoms with Crippen LogP contribution in [0.2, 0.25) is 0 Å². The van der Waals surface area contributed by atoms with Crippen LogP contribution in [-0.4, -0.2) is 9.73 Å². The van der Waals surface area contributed by atoms with Crippen molar-refractivity contribution in [3.05, 3.63) is 24.3 Å². The fraction of sp³-hybridized carbons (Fsp3) is 0.273. The maximum absolute atomic E-state index is 8.94. The second-order valence-corrected chi connectivity index (χ2v) is 6.57. The van der Waals surface area contributed by atoms with Gasteiger partial charge >= 0.3 is 0 Å². The molecule has 0 saturated carbocycles. The molecule has 0 aliphatic rings. The Morgan fingerprint density at radius 2 is 2.13 bits per heavy atom. The van der Waals surface area contributed by atoms with Gasteiger partial charge in [-0.2, -0.15) is 5.26 Å². The summed E-state index contributed by atoms with van der Waals surface area (Å²) in [7, 11) is 0. The fourth-order valence-electron chi connectivity index (χ4n) is 1.14. The van der Waals surface area contributed by atoms with Gasteiger partial charge in [0.15, 0.2) is 4.34 Å². The first-order chi connectivity index (χ1) is 7.11. The summed E-state index contributed by atoms with van der Waals surface area (Å²) in [5, 5.41) is 8.94. The van der Waals surface area contributed by atoms with Crippen LogP contribution in [0.1, 0.15) is 13.8 Å². The number of nitrogens with zero attached hydrogens (tertiary/aromatic N) is 2. The first kappa shape index (κ1) is 10.5. The molecule has 0 unspecified atom stereocenters. The molecule has 0 spiro atoms. The predicted octanol–water partition coefficient (Wildman–Crippen LogP) is 3.69. The van der Waals surface area contributed by atoms with Gasteiger partial charge in [0.05, 0.1) is 16.3 Å². The van der Waals surface area contributed by atoms with Crippen LogP contribution in [0.4, 0.5) is 0 Å². The molecule has 1 aromatic carbocycles. The Labute approximate surface area is 96.9 Å². The molecule has 76 valence electrons. The van der Waals surface area contributed by atoms with Gasteiger partial charge in [-0.05, 0) is 26.0 Å². The number of rotatable bonds is 2. The molecule has 0 radical (unpaired) electrons. The van der Waals surface area contributed by atoms with Gasteiger partial charge in [0, 0.05) is 0 Å². The lowest BCUT2D eigenvalue weighted by Gasteiger charge is -2.10. The lowest BCUT2D eigenvalue weighted by molar-refractivity contribution is 0.912. The van der Waals surface area contributed by atoms with Crippen molar-refractivity contribution in [2.75, 3.05) is 0 Å². The van der Waals surface area contributed by atoms with Crippen LogP contribution in [0, 0.1) is 11.3 Å². The van der Waals surface area contributed by atoms with E-state index in [1.807, 2.05) is 32.0 Å². The van der Waals surface area contributed by atoms with Crippen LogP contribution in [0.25, 0.3) is 10.2 Å². The molecular formula is C11H10N2S2. The molecule has 0 amide bonds. The van der Waals surface area contributed by atoms with Gasteiger partial charge in [-0.25, -0.2) is 4.98 Å². The molecule has 0 atom stereocenters. The van der Waals surface area contributed by atoms with E-state index in [-0.39, 0.29) is 0 Å². The van der Waals surface area contributed by atoms with Crippen molar-refractivity contribution >= 4 is 33.3 Å². The number of fused-ring (bicyclic) bond motifs is 1. The van der Waals surface area contributed by atoms with Crippen LogP contribution in [0.5, 0.6) is 0 Å². The summed E-state index contributed by atoms with van der Waals surface area (Å²) >= 11 is 3.16. The number of hydrogen-bond donors (Lipinski definition) is 0. The monoisotopic (exact) mass is 234 g/mol. The molecule has 0 N–H and O–H groups in total. The number of aromatic nitrogens is 1. The predicted molar refractivity (Wildman–Crippen MR) is 65.2 cm³/mol. The third-order valence-corrected chi connectivity index (χ3v) is 4.08. The highest BCUT2D eigenvalue weighted by atomic mass is 32.2. The number of thioether (sulfide) groups is 1. The quantitative estimate of drug-likeness (QED) is 0.744. The Morgan fingerprint density at radius 3 is 2.80 bits per heavy atom. The zero-order chi connectivity index (χ0) is 10.9. The van der Waals surface area contributed by atoms with E-state index in [1.165, 1.54) is 16.5 Å². The van der Waals surface area contributed by atoms with Gasteiger partial charge in [-0.3, -0.25) is 0 Å². The Morgan fingerprint density at radius 1 is 1.40 bits per heavy atom. The van der Waals surface area contributed by atoms with E-state index in [9.17, 15) is 0 Å². The largest absolute Gasteiger partial charge is 0.230 e. The molecule has 0 aliphatic carbocycles. The Kier molecular flexibility index (Phi) is 2.68. The summed E-state index contributed by atoms with van der Waals surface area (Å²) in [5.41, 5.74) is 1.01. The van der Waals surface area contributed by atoms with E-state index in [2.05, 4.69) is 17.1 Å². The highest BCUT2D eigenvalue weighted by Crippen LogP contribution is 2.36. The standard InChI is InChI=1S/C11H10N2S2/c1-11(2,7-12)15-10-13-8-5-3-4-6-9(8)14-10/h3-6H,1-2H3. The van der Waals surface area contributed by atoms with Crippen molar-refractivity contribution in [2.45, 2.75) is 22.9 Å². The van der Waals surface area contributed by atoms with Crippen molar-refractivity contribution in [2.24, 2.45) is 0 Å². The Balaban J connectivity index is 2.35. The van der Waals surface area contributed by atoms with Crippen LogP contribution in [0.3, 0.4) is 0 Å². The Bertz CT molecular complexity index is 490. The normalized spacial score (nSPS) is 11.5. The second-order valence-electron chi connectivity index (χ2n) is 3.67. The zero-order valence-electron chi connectivity index (χ0n) is 8.52. The summed E-state index contributed by atoms with van der Waals surface area (Å²) in [4.78, 5) is 4.48. The number of benzene rings is 1. The van der Waals surface area contributed by atoms with Gasteiger partial charge in [0.2, 0.25) is 0 Å². The molecule has 4 heteroatoms. The minimum Gasteiger partial charge on any atom is -0.230 e. The van der Waals surface area contributed by atoms with Gasteiger partial charge in [-0.1, -0.05) is 23.9 Å². The van der Waals surface area contributed by atoms with E-state index in [1.54, 1.807) is 11.3 Å². The van der Waals surface area contributed by atoms with E-state index < -0.39 is 4.75 Å². The van der Waals surface area contributed by atoms with Crippen LogP contribution in [0.15, 0.2) is 28.6 Å². The van der Waals surface area contributed by atoms with Crippen LogP contribution >= 0.6 is 23.1 Å². The number of hydrogen-bond acceptors (Lipinski definition) is 4. The van der Waals surface area contributed by atoms with E-state index in [4.69, 9.17) is 5.26 Å².